The third kappa shape index (κ3) is 5.77. The Morgan fingerprint density at radius 1 is 1.06 bits per heavy atom. The van der Waals surface area contributed by atoms with E-state index in [1.807, 2.05) is 50.4 Å². The molecule has 3 aromatic rings. The number of thiophene rings is 1. The van der Waals surface area contributed by atoms with Crippen molar-refractivity contribution in [1.82, 2.24) is 9.21 Å². The van der Waals surface area contributed by atoms with Gasteiger partial charge in [0.15, 0.2) is 0 Å². The normalized spacial score (nSPS) is 15.8. The van der Waals surface area contributed by atoms with Crippen LogP contribution in [0.25, 0.3) is 0 Å². The summed E-state index contributed by atoms with van der Waals surface area (Å²) in [4.78, 5) is 16.8. The first kappa shape index (κ1) is 25.4. The van der Waals surface area contributed by atoms with Crippen molar-refractivity contribution in [3.8, 4) is 5.75 Å². The van der Waals surface area contributed by atoms with Crippen molar-refractivity contribution < 1.29 is 17.9 Å². The minimum atomic E-state index is -3.78. The van der Waals surface area contributed by atoms with E-state index >= 15 is 0 Å². The second-order valence-corrected chi connectivity index (χ2v) is 11.9. The van der Waals surface area contributed by atoms with Gasteiger partial charge >= 0.3 is 0 Å². The number of fused-ring (bicyclic) bond motifs is 1. The third-order valence-corrected chi connectivity index (χ3v) is 9.14. The van der Waals surface area contributed by atoms with Gasteiger partial charge in [0, 0.05) is 18.0 Å². The monoisotopic (exact) mass is 512 g/mol. The first-order chi connectivity index (χ1) is 16.8. The van der Waals surface area contributed by atoms with Crippen molar-refractivity contribution in [2.24, 2.45) is 0 Å². The number of amides is 1. The van der Waals surface area contributed by atoms with E-state index in [0.717, 1.165) is 28.9 Å². The first-order valence-electron chi connectivity index (χ1n) is 11.9. The van der Waals surface area contributed by atoms with Crippen LogP contribution >= 0.6 is 11.3 Å². The number of carbonyl (C=O) groups excluding carboxylic acids is 1. The number of hydrogen-bond acceptors (Lipinski definition) is 5. The van der Waals surface area contributed by atoms with Crippen molar-refractivity contribution in [1.29, 1.82) is 0 Å². The Bertz CT molecular complexity index is 1250. The zero-order valence-electron chi connectivity index (χ0n) is 20.4. The van der Waals surface area contributed by atoms with Gasteiger partial charge < -0.3 is 9.64 Å². The lowest BCUT2D eigenvalue weighted by atomic mass is 10.0. The van der Waals surface area contributed by atoms with E-state index < -0.39 is 10.0 Å². The van der Waals surface area contributed by atoms with E-state index in [0.29, 0.717) is 19.6 Å². The van der Waals surface area contributed by atoms with Crippen LogP contribution in [0.2, 0.25) is 0 Å². The number of rotatable bonds is 9. The lowest BCUT2D eigenvalue weighted by Gasteiger charge is -2.37. The number of sulfonamides is 1. The van der Waals surface area contributed by atoms with E-state index in [9.17, 15) is 13.2 Å². The second kappa shape index (κ2) is 10.9. The van der Waals surface area contributed by atoms with Crippen LogP contribution in [-0.2, 0) is 21.2 Å². The molecule has 6 nitrogen and oxygen atoms in total. The zero-order chi connectivity index (χ0) is 25.0. The maximum atomic E-state index is 13.6. The molecule has 2 heterocycles. The van der Waals surface area contributed by atoms with Gasteiger partial charge in [-0.25, -0.2) is 8.42 Å². The van der Waals surface area contributed by atoms with Gasteiger partial charge in [-0.15, -0.1) is 11.3 Å². The van der Waals surface area contributed by atoms with E-state index in [-0.39, 0.29) is 29.9 Å². The van der Waals surface area contributed by atoms with Crippen molar-refractivity contribution in [3.63, 3.8) is 0 Å². The Morgan fingerprint density at radius 2 is 1.71 bits per heavy atom. The fourth-order valence-corrected chi connectivity index (χ4v) is 6.73. The molecule has 0 N–H and O–H groups in total. The highest BCUT2D eigenvalue weighted by Crippen LogP contribution is 2.34. The SMILES string of the molecule is CCCN(CC(=O)N1CCc2sccc2[C@H]1COc1ccc(C)cc1)S(=O)(=O)c1ccc(C)cc1. The van der Waals surface area contributed by atoms with E-state index in [1.54, 1.807) is 40.5 Å². The minimum absolute atomic E-state index is 0.190. The van der Waals surface area contributed by atoms with Crippen molar-refractivity contribution in [3.05, 3.63) is 81.5 Å². The molecule has 1 aromatic heterocycles. The van der Waals surface area contributed by atoms with E-state index in [1.165, 1.54) is 9.18 Å². The molecule has 186 valence electrons. The lowest BCUT2D eigenvalue weighted by Crippen LogP contribution is -2.48. The average molecular weight is 513 g/mol. The molecule has 2 aromatic carbocycles. The Labute approximate surface area is 212 Å². The molecule has 1 amide bonds. The van der Waals surface area contributed by atoms with Crippen molar-refractivity contribution in [2.45, 2.75) is 44.6 Å². The molecular formula is C27H32N2O4S2. The van der Waals surface area contributed by atoms with Gasteiger partial charge in [-0.1, -0.05) is 42.3 Å². The number of hydrogen-bond donors (Lipinski definition) is 0. The van der Waals surface area contributed by atoms with Gasteiger partial charge in [-0.2, -0.15) is 4.31 Å². The maximum absolute atomic E-state index is 13.6. The third-order valence-electron chi connectivity index (χ3n) is 6.29. The standard InChI is InChI=1S/C27H32N2O4S2/c1-4-15-28(35(31,32)23-11-7-21(3)8-12-23)18-27(30)29-16-13-26-24(14-17-34-26)25(29)19-33-22-9-5-20(2)6-10-22/h5-12,14,17,25H,4,13,15-16,18-19H2,1-3H3/t25-/m1/s1. The second-order valence-electron chi connectivity index (χ2n) is 8.93. The summed E-state index contributed by atoms with van der Waals surface area (Å²) >= 11 is 1.69. The Balaban J connectivity index is 1.55. The molecule has 0 spiro atoms. The van der Waals surface area contributed by atoms with E-state index in [4.69, 9.17) is 4.74 Å². The van der Waals surface area contributed by atoms with Crippen molar-refractivity contribution >= 4 is 27.3 Å². The van der Waals surface area contributed by atoms with Gasteiger partial charge in [0.05, 0.1) is 17.5 Å². The van der Waals surface area contributed by atoms with Gasteiger partial charge in [-0.3, -0.25) is 4.79 Å². The summed E-state index contributed by atoms with van der Waals surface area (Å²) < 4.78 is 34.1. The van der Waals surface area contributed by atoms with Gasteiger partial charge in [0.1, 0.15) is 12.4 Å². The van der Waals surface area contributed by atoms with Crippen LogP contribution in [0.4, 0.5) is 0 Å². The highest BCUT2D eigenvalue weighted by atomic mass is 32.2. The summed E-state index contributed by atoms with van der Waals surface area (Å²) in [5, 5.41) is 2.04. The summed E-state index contributed by atoms with van der Waals surface area (Å²) in [6, 6.07) is 16.4. The van der Waals surface area contributed by atoms with Gasteiger partial charge in [0.25, 0.3) is 0 Å². The topological polar surface area (TPSA) is 66.9 Å². The molecule has 0 bridgehead atoms. The van der Waals surface area contributed by atoms with Crippen LogP contribution in [0.5, 0.6) is 5.75 Å². The van der Waals surface area contributed by atoms with Crippen LogP contribution in [0.1, 0.15) is 41.0 Å². The quantitative estimate of drug-likeness (QED) is 0.406. The Kier molecular flexibility index (Phi) is 7.94. The van der Waals surface area contributed by atoms with Crippen LogP contribution in [-0.4, -0.2) is 49.8 Å². The number of ether oxygens (including phenoxy) is 1. The smallest absolute Gasteiger partial charge is 0.243 e. The number of aryl methyl sites for hydroxylation is 2. The highest BCUT2D eigenvalue weighted by molar-refractivity contribution is 7.89. The fourth-order valence-electron chi connectivity index (χ4n) is 4.32. The van der Waals surface area contributed by atoms with Crippen LogP contribution in [0.3, 0.4) is 0 Å². The van der Waals surface area contributed by atoms with Crippen LogP contribution in [0.15, 0.2) is 64.9 Å². The summed E-state index contributed by atoms with van der Waals surface area (Å²) in [7, 11) is -3.78. The zero-order valence-corrected chi connectivity index (χ0v) is 22.1. The molecule has 0 unspecified atom stereocenters. The molecule has 8 heteroatoms. The predicted octanol–water partition coefficient (Wildman–Crippen LogP) is 4.97. The summed E-state index contributed by atoms with van der Waals surface area (Å²) in [5.41, 5.74) is 3.22. The molecule has 35 heavy (non-hydrogen) atoms. The van der Waals surface area contributed by atoms with Gasteiger partial charge in [0.2, 0.25) is 15.9 Å². The van der Waals surface area contributed by atoms with Crippen LogP contribution in [0, 0.1) is 13.8 Å². The maximum Gasteiger partial charge on any atom is 0.243 e. The highest BCUT2D eigenvalue weighted by Gasteiger charge is 2.35. The largest absolute Gasteiger partial charge is 0.491 e. The van der Waals surface area contributed by atoms with Crippen molar-refractivity contribution in [2.75, 3.05) is 26.2 Å². The van der Waals surface area contributed by atoms with Crippen LogP contribution < -0.4 is 4.74 Å². The molecule has 0 radical (unpaired) electrons. The Morgan fingerprint density at radius 3 is 2.37 bits per heavy atom. The molecule has 0 fully saturated rings. The molecule has 1 aliphatic heterocycles. The van der Waals surface area contributed by atoms with Gasteiger partial charge in [-0.05, 0) is 68.0 Å². The number of nitrogens with zero attached hydrogens (tertiary/aromatic N) is 2. The average Bonchev–Trinajstić information content (AvgIpc) is 3.32. The molecule has 1 atom stereocenters. The molecule has 1 aliphatic rings. The fraction of sp³-hybridized carbons (Fsp3) is 0.370. The molecule has 0 aliphatic carbocycles. The Hall–Kier alpha value is -2.68. The minimum Gasteiger partial charge on any atom is -0.491 e. The molecule has 0 saturated carbocycles. The molecule has 4 rings (SSSR count). The predicted molar refractivity (Wildman–Crippen MR) is 139 cm³/mol. The molecular weight excluding hydrogens is 480 g/mol. The van der Waals surface area contributed by atoms with E-state index in [2.05, 4.69) is 6.07 Å². The summed E-state index contributed by atoms with van der Waals surface area (Å²) in [5.74, 6) is 0.545. The number of benzene rings is 2. The number of carbonyl (C=O) groups is 1. The summed E-state index contributed by atoms with van der Waals surface area (Å²) in [6.07, 6.45) is 1.38. The molecule has 0 saturated heterocycles. The first-order valence-corrected chi connectivity index (χ1v) is 14.2. The lowest BCUT2D eigenvalue weighted by molar-refractivity contribution is -0.135. The summed E-state index contributed by atoms with van der Waals surface area (Å²) in [6.45, 7) is 6.80.